The van der Waals surface area contributed by atoms with E-state index in [0.29, 0.717) is 6.07 Å². The summed E-state index contributed by atoms with van der Waals surface area (Å²) in [6.07, 6.45) is 0.175. The van der Waals surface area contributed by atoms with Crippen LogP contribution in [0.2, 0.25) is 0 Å². The lowest BCUT2D eigenvalue weighted by Gasteiger charge is -2.09. The monoisotopic (exact) mass is 311 g/mol. The molecule has 0 aliphatic heterocycles. The van der Waals surface area contributed by atoms with Crippen LogP contribution < -0.4 is 11.5 Å². The Bertz CT molecular complexity index is 653. The number of carbonyl (C=O) groups is 2. The minimum Gasteiger partial charge on any atom is -0.454 e. The van der Waals surface area contributed by atoms with Crippen molar-refractivity contribution in [2.24, 2.45) is 11.5 Å². The summed E-state index contributed by atoms with van der Waals surface area (Å²) >= 11 is 0. The van der Waals surface area contributed by atoms with Crippen LogP contribution in [0.4, 0.5) is 8.78 Å². The standard InChI is InChI=1S/C14H15F2N3O3/c1-2-10(17)12(13(18)19)14(21)22-6-11(20)8-5-7(15)3-4-9(8)16/h3-5,17H,2,6,18-19H2,1H3. The van der Waals surface area contributed by atoms with Gasteiger partial charge in [0.05, 0.1) is 5.56 Å². The van der Waals surface area contributed by atoms with E-state index in [1.165, 1.54) is 0 Å². The molecule has 0 aromatic heterocycles. The molecule has 0 saturated carbocycles. The molecular formula is C14H15F2N3O3. The number of hydrogen-bond donors (Lipinski definition) is 3. The summed E-state index contributed by atoms with van der Waals surface area (Å²) in [4.78, 5) is 23.5. The van der Waals surface area contributed by atoms with Crippen LogP contribution in [0.1, 0.15) is 23.7 Å². The Hall–Kier alpha value is -2.77. The lowest BCUT2D eigenvalue weighted by atomic mass is 10.1. The van der Waals surface area contributed by atoms with Crippen molar-refractivity contribution in [3.8, 4) is 0 Å². The Morgan fingerprint density at radius 3 is 2.45 bits per heavy atom. The minimum atomic E-state index is -1.07. The van der Waals surface area contributed by atoms with E-state index in [9.17, 15) is 18.4 Å². The Labute approximate surface area is 125 Å². The Morgan fingerprint density at radius 2 is 1.91 bits per heavy atom. The van der Waals surface area contributed by atoms with Crippen molar-refractivity contribution in [1.29, 1.82) is 5.41 Å². The fraction of sp³-hybridized carbons (Fsp3) is 0.214. The van der Waals surface area contributed by atoms with Crippen molar-refractivity contribution in [1.82, 2.24) is 0 Å². The van der Waals surface area contributed by atoms with Gasteiger partial charge < -0.3 is 21.6 Å². The number of hydrogen-bond acceptors (Lipinski definition) is 6. The molecule has 0 amide bonds. The van der Waals surface area contributed by atoms with E-state index in [-0.39, 0.29) is 17.7 Å². The predicted octanol–water partition coefficient (Wildman–Crippen LogP) is 1.25. The second-order valence-corrected chi connectivity index (χ2v) is 4.29. The van der Waals surface area contributed by atoms with E-state index < -0.39 is 41.4 Å². The normalized spacial score (nSPS) is 9.95. The first-order valence-corrected chi connectivity index (χ1v) is 6.26. The fourth-order valence-electron chi connectivity index (χ4n) is 1.58. The predicted molar refractivity (Wildman–Crippen MR) is 75.1 cm³/mol. The first-order chi connectivity index (χ1) is 10.3. The number of Topliss-reactive ketones (excluding diaryl/α,β-unsaturated/α-hetero) is 1. The molecule has 0 fully saturated rings. The SMILES string of the molecule is CCC(=N)C(C(=O)OCC(=O)c1cc(F)ccc1F)=C(N)N. The highest BCUT2D eigenvalue weighted by atomic mass is 19.1. The maximum absolute atomic E-state index is 13.4. The third kappa shape index (κ3) is 4.11. The third-order valence-corrected chi connectivity index (χ3v) is 2.71. The summed E-state index contributed by atoms with van der Waals surface area (Å²) in [6, 6.07) is 2.35. The molecule has 1 aromatic carbocycles. The molecule has 0 aliphatic carbocycles. The fourth-order valence-corrected chi connectivity index (χ4v) is 1.58. The highest BCUT2D eigenvalue weighted by Crippen LogP contribution is 2.11. The van der Waals surface area contributed by atoms with Crippen LogP contribution in [0, 0.1) is 17.0 Å². The summed E-state index contributed by atoms with van der Waals surface area (Å²) in [5.41, 5.74) is 9.55. The number of ether oxygens (including phenoxy) is 1. The first-order valence-electron chi connectivity index (χ1n) is 6.26. The maximum atomic E-state index is 13.4. The van der Waals surface area contributed by atoms with Gasteiger partial charge in [-0.1, -0.05) is 6.92 Å². The summed E-state index contributed by atoms with van der Waals surface area (Å²) < 4.78 is 31.1. The average Bonchev–Trinajstić information content (AvgIpc) is 2.46. The summed E-state index contributed by atoms with van der Waals surface area (Å²) in [5, 5.41) is 7.55. The quantitative estimate of drug-likeness (QED) is 0.316. The number of halogens is 2. The van der Waals surface area contributed by atoms with Crippen LogP contribution >= 0.6 is 0 Å². The maximum Gasteiger partial charge on any atom is 0.344 e. The number of ketones is 1. The van der Waals surface area contributed by atoms with E-state index in [1.807, 2.05) is 0 Å². The van der Waals surface area contributed by atoms with E-state index >= 15 is 0 Å². The molecule has 1 aromatic rings. The van der Waals surface area contributed by atoms with Crippen molar-refractivity contribution in [3.05, 3.63) is 46.8 Å². The van der Waals surface area contributed by atoms with E-state index in [0.717, 1.165) is 12.1 Å². The number of benzene rings is 1. The number of nitrogens with two attached hydrogens (primary N) is 2. The number of carbonyl (C=O) groups excluding carboxylic acids is 2. The van der Waals surface area contributed by atoms with Crippen LogP contribution in [0.15, 0.2) is 29.6 Å². The highest BCUT2D eigenvalue weighted by molar-refractivity contribution is 6.19. The molecule has 0 saturated heterocycles. The lowest BCUT2D eigenvalue weighted by Crippen LogP contribution is -2.26. The molecule has 0 radical (unpaired) electrons. The third-order valence-electron chi connectivity index (χ3n) is 2.71. The molecule has 22 heavy (non-hydrogen) atoms. The zero-order valence-corrected chi connectivity index (χ0v) is 11.8. The van der Waals surface area contributed by atoms with Gasteiger partial charge in [0.1, 0.15) is 23.0 Å². The largest absolute Gasteiger partial charge is 0.454 e. The van der Waals surface area contributed by atoms with Gasteiger partial charge in [-0.15, -0.1) is 0 Å². The van der Waals surface area contributed by atoms with Crippen LogP contribution in [0.5, 0.6) is 0 Å². The Balaban J connectivity index is 2.83. The molecule has 0 heterocycles. The van der Waals surface area contributed by atoms with Crippen molar-refractivity contribution < 1.29 is 23.1 Å². The van der Waals surface area contributed by atoms with Crippen molar-refractivity contribution >= 4 is 17.5 Å². The van der Waals surface area contributed by atoms with Gasteiger partial charge in [0.25, 0.3) is 0 Å². The molecule has 0 bridgehead atoms. The van der Waals surface area contributed by atoms with Crippen LogP contribution in [0.25, 0.3) is 0 Å². The van der Waals surface area contributed by atoms with Gasteiger partial charge in [-0.05, 0) is 24.6 Å². The highest BCUT2D eigenvalue weighted by Gasteiger charge is 2.21. The molecular weight excluding hydrogens is 296 g/mol. The van der Waals surface area contributed by atoms with Gasteiger partial charge in [-0.3, -0.25) is 4.79 Å². The molecule has 8 heteroatoms. The van der Waals surface area contributed by atoms with E-state index in [2.05, 4.69) is 4.74 Å². The molecule has 0 unspecified atom stereocenters. The summed E-state index contributed by atoms with van der Waals surface area (Å²) in [5.74, 6) is -4.14. The minimum absolute atomic E-state index is 0.158. The summed E-state index contributed by atoms with van der Waals surface area (Å²) in [7, 11) is 0. The van der Waals surface area contributed by atoms with Crippen molar-refractivity contribution in [3.63, 3.8) is 0 Å². The van der Waals surface area contributed by atoms with Gasteiger partial charge in [0.15, 0.2) is 6.61 Å². The first kappa shape index (κ1) is 17.3. The van der Waals surface area contributed by atoms with Gasteiger partial charge in [0.2, 0.25) is 5.78 Å². The number of esters is 1. The smallest absolute Gasteiger partial charge is 0.344 e. The van der Waals surface area contributed by atoms with Crippen LogP contribution in [-0.4, -0.2) is 24.1 Å². The molecule has 1 rings (SSSR count). The molecule has 0 spiro atoms. The molecule has 6 nitrogen and oxygen atoms in total. The number of rotatable bonds is 6. The lowest BCUT2D eigenvalue weighted by molar-refractivity contribution is -0.137. The van der Waals surface area contributed by atoms with Crippen molar-refractivity contribution in [2.45, 2.75) is 13.3 Å². The topological polar surface area (TPSA) is 119 Å². The van der Waals surface area contributed by atoms with Crippen LogP contribution in [0.3, 0.4) is 0 Å². The number of nitrogens with one attached hydrogen (secondary N) is 1. The average molecular weight is 311 g/mol. The van der Waals surface area contributed by atoms with Gasteiger partial charge >= 0.3 is 5.97 Å². The van der Waals surface area contributed by atoms with E-state index in [4.69, 9.17) is 16.9 Å². The van der Waals surface area contributed by atoms with Crippen LogP contribution in [-0.2, 0) is 9.53 Å². The molecule has 0 aliphatic rings. The Kier molecular flexibility index (Phi) is 5.73. The molecule has 0 atom stereocenters. The molecule has 5 N–H and O–H groups in total. The zero-order chi connectivity index (χ0) is 16.9. The summed E-state index contributed by atoms with van der Waals surface area (Å²) in [6.45, 7) is 0.777. The second-order valence-electron chi connectivity index (χ2n) is 4.29. The van der Waals surface area contributed by atoms with Gasteiger partial charge in [0, 0.05) is 5.71 Å². The molecule has 118 valence electrons. The van der Waals surface area contributed by atoms with Gasteiger partial charge in [-0.25, -0.2) is 13.6 Å². The van der Waals surface area contributed by atoms with Gasteiger partial charge in [-0.2, -0.15) is 0 Å². The zero-order valence-electron chi connectivity index (χ0n) is 11.8. The van der Waals surface area contributed by atoms with E-state index in [1.54, 1.807) is 6.92 Å². The van der Waals surface area contributed by atoms with Crippen molar-refractivity contribution in [2.75, 3.05) is 6.61 Å². The Morgan fingerprint density at radius 1 is 1.27 bits per heavy atom. The second kappa shape index (κ2) is 7.30.